The molecule has 8 nitrogen and oxygen atoms in total. The molecule has 1 heterocycles. The van der Waals surface area contributed by atoms with E-state index in [9.17, 15) is 18.0 Å². The first-order valence-electron chi connectivity index (χ1n) is 13.7. The van der Waals surface area contributed by atoms with Crippen LogP contribution in [-0.4, -0.2) is 40.0 Å². The van der Waals surface area contributed by atoms with Crippen molar-refractivity contribution in [2.75, 3.05) is 29.9 Å². The largest absolute Gasteiger partial charge is 0.466 e. The topological polar surface area (TPSA) is 105 Å². The Morgan fingerprint density at radius 3 is 2.55 bits per heavy atom. The van der Waals surface area contributed by atoms with E-state index in [0.29, 0.717) is 43.9 Å². The molecule has 0 aliphatic carbocycles. The summed E-state index contributed by atoms with van der Waals surface area (Å²) < 4.78 is 35.5. The average molecular weight is 544 g/mol. The fourth-order valence-electron chi connectivity index (χ4n) is 4.76. The van der Waals surface area contributed by atoms with Gasteiger partial charge in [0.2, 0.25) is 15.9 Å². The number of unbranched alkanes of at least 4 members (excludes halogenated alkanes) is 3. The van der Waals surface area contributed by atoms with E-state index in [0.717, 1.165) is 37.7 Å². The summed E-state index contributed by atoms with van der Waals surface area (Å²) >= 11 is 0. The number of piperidine rings is 1. The van der Waals surface area contributed by atoms with Crippen molar-refractivity contribution in [3.8, 4) is 0 Å². The van der Waals surface area contributed by atoms with E-state index in [2.05, 4.69) is 17.0 Å². The van der Waals surface area contributed by atoms with Crippen LogP contribution in [0.5, 0.6) is 0 Å². The number of rotatable bonds is 13. The Balaban J connectivity index is 1.89. The van der Waals surface area contributed by atoms with E-state index in [1.54, 1.807) is 26.0 Å². The fraction of sp³-hybridized carbons (Fsp3) is 0.517. The lowest BCUT2D eigenvalue weighted by molar-refractivity contribution is -0.148. The normalized spacial score (nSPS) is 16.6. The van der Waals surface area contributed by atoms with Gasteiger partial charge in [-0.05, 0) is 56.9 Å². The third kappa shape index (κ3) is 8.30. The summed E-state index contributed by atoms with van der Waals surface area (Å²) in [7, 11) is -3.98. The van der Waals surface area contributed by atoms with Crippen LogP contribution in [0.25, 0.3) is 0 Å². The molecule has 0 saturated carbocycles. The number of hydrogen-bond acceptors (Lipinski definition) is 6. The quantitative estimate of drug-likeness (QED) is 0.258. The van der Waals surface area contributed by atoms with Crippen LogP contribution < -0.4 is 14.9 Å². The molecule has 0 unspecified atom stereocenters. The summed E-state index contributed by atoms with van der Waals surface area (Å²) in [6.07, 6.45) is 5.79. The Kier molecular flexibility index (Phi) is 11.2. The van der Waals surface area contributed by atoms with E-state index < -0.39 is 16.1 Å². The monoisotopic (exact) mass is 543 g/mol. The maximum Gasteiger partial charge on any atom is 0.310 e. The molecule has 1 aliphatic heterocycles. The van der Waals surface area contributed by atoms with Gasteiger partial charge in [0.15, 0.2) is 0 Å². The summed E-state index contributed by atoms with van der Waals surface area (Å²) in [4.78, 5) is 27.0. The molecular weight excluding hydrogens is 502 g/mol. The van der Waals surface area contributed by atoms with E-state index in [1.807, 2.05) is 35.2 Å². The predicted octanol–water partition coefficient (Wildman–Crippen LogP) is 5.41. The molecule has 3 rings (SSSR count). The number of ether oxygens (including phenoxy) is 1. The van der Waals surface area contributed by atoms with Crippen molar-refractivity contribution in [2.45, 2.75) is 76.7 Å². The molecule has 2 N–H and O–H groups in total. The van der Waals surface area contributed by atoms with Gasteiger partial charge in [0.1, 0.15) is 4.90 Å². The lowest BCUT2D eigenvalue weighted by Crippen LogP contribution is -2.40. The summed E-state index contributed by atoms with van der Waals surface area (Å²) in [6.45, 7) is 7.00. The van der Waals surface area contributed by atoms with Gasteiger partial charge in [0.05, 0.1) is 18.2 Å². The molecule has 2 aromatic rings. The lowest BCUT2D eigenvalue weighted by Gasteiger charge is -2.34. The van der Waals surface area contributed by atoms with E-state index in [4.69, 9.17) is 4.74 Å². The minimum atomic E-state index is -3.98. The lowest BCUT2D eigenvalue weighted by atomic mass is 9.97. The first-order chi connectivity index (χ1) is 18.2. The Labute approximate surface area is 227 Å². The number of nitrogens with zero attached hydrogens (tertiary/aromatic N) is 1. The zero-order valence-electron chi connectivity index (χ0n) is 22.7. The smallest absolute Gasteiger partial charge is 0.310 e. The predicted molar refractivity (Wildman–Crippen MR) is 151 cm³/mol. The number of sulfonamides is 1. The van der Waals surface area contributed by atoms with Crippen LogP contribution in [0.2, 0.25) is 0 Å². The Morgan fingerprint density at radius 1 is 1.08 bits per heavy atom. The van der Waals surface area contributed by atoms with Crippen LogP contribution in [0.4, 0.5) is 11.4 Å². The number of benzene rings is 2. The number of amides is 1. The van der Waals surface area contributed by atoms with Crippen LogP contribution in [0.15, 0.2) is 53.4 Å². The number of carbonyl (C=O) groups is 2. The van der Waals surface area contributed by atoms with Gasteiger partial charge < -0.3 is 15.0 Å². The zero-order chi connectivity index (χ0) is 27.5. The molecule has 2 aromatic carbocycles. The fourth-order valence-corrected chi connectivity index (χ4v) is 6.24. The second-order valence-corrected chi connectivity index (χ2v) is 11.5. The number of carbonyl (C=O) groups excluding carboxylic acids is 2. The highest BCUT2D eigenvalue weighted by atomic mass is 32.2. The van der Waals surface area contributed by atoms with Gasteiger partial charge in [-0.25, -0.2) is 13.1 Å². The maximum absolute atomic E-state index is 13.7. The van der Waals surface area contributed by atoms with Crippen LogP contribution in [0.3, 0.4) is 0 Å². The summed E-state index contributed by atoms with van der Waals surface area (Å²) in [5.74, 6) is -0.717. The molecule has 1 saturated heterocycles. The van der Waals surface area contributed by atoms with Gasteiger partial charge in [-0.15, -0.1) is 0 Å². The third-order valence-corrected chi connectivity index (χ3v) is 8.37. The molecule has 9 heteroatoms. The molecule has 0 bridgehead atoms. The first-order valence-corrected chi connectivity index (χ1v) is 15.2. The van der Waals surface area contributed by atoms with Gasteiger partial charge in [-0.3, -0.25) is 9.59 Å². The number of hydrogen-bond donors (Lipinski definition) is 2. The highest BCUT2D eigenvalue weighted by Gasteiger charge is 2.31. The van der Waals surface area contributed by atoms with Crippen LogP contribution >= 0.6 is 0 Å². The molecule has 38 heavy (non-hydrogen) atoms. The summed E-state index contributed by atoms with van der Waals surface area (Å²) in [5, 5.41) is 2.87. The molecule has 0 radical (unpaired) electrons. The second-order valence-electron chi connectivity index (χ2n) is 9.83. The van der Waals surface area contributed by atoms with E-state index >= 15 is 0 Å². The highest BCUT2D eigenvalue weighted by molar-refractivity contribution is 7.89. The SMILES string of the molecule is CCCCCCC(=O)Nc1ccc(N2CCC[C@H](C(=O)OCC)C2)c(S(=O)(=O)N[C@@H](C)c2ccccc2)c1. The molecule has 0 aromatic heterocycles. The first kappa shape index (κ1) is 29.6. The Bertz CT molecular complexity index is 1170. The van der Waals surface area contributed by atoms with Crippen LogP contribution in [0, 0.1) is 5.92 Å². The molecule has 1 amide bonds. The Morgan fingerprint density at radius 2 is 1.84 bits per heavy atom. The minimum Gasteiger partial charge on any atom is -0.466 e. The summed E-state index contributed by atoms with van der Waals surface area (Å²) in [5.41, 5.74) is 1.78. The standard InChI is InChI=1S/C29H41N3O5S/c1-4-6-7-11-16-28(33)30-25-17-18-26(32-19-12-15-24(21-32)29(34)37-5-2)27(20-25)38(35,36)31-22(3)23-13-9-8-10-14-23/h8-10,13-14,17-18,20,22,24,31H,4-7,11-12,15-16,19,21H2,1-3H3,(H,30,33)/t22-,24-/m0/s1. The van der Waals surface area contributed by atoms with Gasteiger partial charge in [-0.2, -0.15) is 0 Å². The summed E-state index contributed by atoms with van der Waals surface area (Å²) in [6, 6.07) is 13.9. The van der Waals surface area contributed by atoms with Crippen LogP contribution in [-0.2, 0) is 24.3 Å². The molecule has 1 aliphatic rings. The molecule has 2 atom stereocenters. The van der Waals surface area contributed by atoms with Crippen LogP contribution in [0.1, 0.15) is 77.3 Å². The highest BCUT2D eigenvalue weighted by Crippen LogP contribution is 2.33. The zero-order valence-corrected chi connectivity index (χ0v) is 23.6. The van der Waals surface area contributed by atoms with Crippen molar-refractivity contribution in [1.29, 1.82) is 0 Å². The average Bonchev–Trinajstić information content (AvgIpc) is 2.91. The molecule has 0 spiro atoms. The number of esters is 1. The van der Waals surface area contributed by atoms with Gasteiger partial charge in [0.25, 0.3) is 0 Å². The number of anilines is 2. The Hall–Kier alpha value is -2.91. The molecular formula is C29H41N3O5S. The third-order valence-electron chi connectivity index (χ3n) is 6.80. The molecule has 1 fully saturated rings. The van der Waals surface area contributed by atoms with Crippen molar-refractivity contribution in [3.63, 3.8) is 0 Å². The van der Waals surface area contributed by atoms with Crippen molar-refractivity contribution >= 4 is 33.3 Å². The van der Waals surface area contributed by atoms with Gasteiger partial charge >= 0.3 is 5.97 Å². The van der Waals surface area contributed by atoms with Gasteiger partial charge in [-0.1, -0.05) is 56.5 Å². The van der Waals surface area contributed by atoms with E-state index in [-0.39, 0.29) is 22.7 Å². The minimum absolute atomic E-state index is 0.0774. The van der Waals surface area contributed by atoms with Crippen molar-refractivity contribution in [2.24, 2.45) is 5.92 Å². The maximum atomic E-state index is 13.7. The van der Waals surface area contributed by atoms with E-state index in [1.165, 1.54) is 6.07 Å². The van der Waals surface area contributed by atoms with Crippen molar-refractivity contribution < 1.29 is 22.7 Å². The number of nitrogens with one attached hydrogen (secondary N) is 2. The second kappa shape index (κ2) is 14.3. The molecule has 208 valence electrons. The van der Waals surface area contributed by atoms with Crippen molar-refractivity contribution in [1.82, 2.24) is 4.72 Å². The van der Waals surface area contributed by atoms with Gasteiger partial charge in [0, 0.05) is 31.2 Å². The van der Waals surface area contributed by atoms with Crippen molar-refractivity contribution in [3.05, 3.63) is 54.1 Å².